The van der Waals surface area contributed by atoms with Crippen molar-refractivity contribution >= 4 is 35.6 Å². The average molecular weight is 500 g/mol. The molecule has 0 aliphatic rings. The lowest BCUT2D eigenvalue weighted by molar-refractivity contribution is 0.305. The molecule has 0 saturated heterocycles. The number of pyridine rings is 1. The predicted molar refractivity (Wildman–Crippen MR) is 123 cm³/mol. The molecule has 1 aromatic heterocycles. The fourth-order valence-corrected chi connectivity index (χ4v) is 2.33. The van der Waals surface area contributed by atoms with E-state index in [0.29, 0.717) is 43.1 Å². The summed E-state index contributed by atoms with van der Waals surface area (Å²) in [5.74, 6) is 2.67. The van der Waals surface area contributed by atoms with Crippen LogP contribution in [0.3, 0.4) is 0 Å². The van der Waals surface area contributed by atoms with E-state index in [0.717, 1.165) is 17.7 Å². The number of anilines is 1. The zero-order chi connectivity index (χ0) is 19.5. The molecule has 1 heterocycles. The van der Waals surface area contributed by atoms with Crippen LogP contribution in [0.25, 0.3) is 0 Å². The number of ether oxygens (including phenoxy) is 3. The Morgan fingerprint density at radius 3 is 2.54 bits per heavy atom. The van der Waals surface area contributed by atoms with Crippen molar-refractivity contribution in [2.45, 2.75) is 26.8 Å². The lowest BCUT2D eigenvalue weighted by Gasteiger charge is -2.14. The first-order chi connectivity index (χ1) is 13.2. The summed E-state index contributed by atoms with van der Waals surface area (Å²) in [5, 5.41) is 6.51. The topological polar surface area (TPSA) is 77.0 Å². The van der Waals surface area contributed by atoms with Crippen LogP contribution in [0, 0.1) is 0 Å². The Kier molecular flexibility index (Phi) is 11.1. The Morgan fingerprint density at radius 2 is 1.93 bits per heavy atom. The summed E-state index contributed by atoms with van der Waals surface area (Å²) in [7, 11) is 3.35. The molecule has 8 heteroatoms. The molecular weight excluding hydrogens is 471 g/mol. The van der Waals surface area contributed by atoms with Crippen molar-refractivity contribution in [1.82, 2.24) is 10.3 Å². The molecule has 0 amide bonds. The van der Waals surface area contributed by atoms with Gasteiger partial charge in [-0.25, -0.2) is 4.98 Å². The second-order valence-electron chi connectivity index (χ2n) is 5.70. The Bertz CT molecular complexity index is 739. The van der Waals surface area contributed by atoms with Gasteiger partial charge >= 0.3 is 0 Å². The lowest BCUT2D eigenvalue weighted by Crippen LogP contribution is -2.30. The van der Waals surface area contributed by atoms with Crippen LogP contribution < -0.4 is 24.8 Å². The van der Waals surface area contributed by atoms with Gasteiger partial charge < -0.3 is 24.8 Å². The summed E-state index contributed by atoms with van der Waals surface area (Å²) in [6.07, 6.45) is 2.76. The number of benzene rings is 1. The van der Waals surface area contributed by atoms with E-state index in [1.807, 2.05) is 37.3 Å². The molecule has 0 aliphatic heterocycles. The summed E-state index contributed by atoms with van der Waals surface area (Å²) in [6, 6.07) is 9.52. The first-order valence-electron chi connectivity index (χ1n) is 9.06. The predicted octanol–water partition coefficient (Wildman–Crippen LogP) is 4.08. The Labute approximate surface area is 183 Å². The van der Waals surface area contributed by atoms with Crippen molar-refractivity contribution in [2.24, 2.45) is 4.99 Å². The first-order valence-corrected chi connectivity index (χ1v) is 9.06. The van der Waals surface area contributed by atoms with Crippen molar-refractivity contribution in [2.75, 3.05) is 32.7 Å². The second-order valence-corrected chi connectivity index (χ2v) is 5.70. The van der Waals surface area contributed by atoms with Crippen LogP contribution in [0.2, 0.25) is 0 Å². The number of guanidine groups is 1. The number of hydrogen-bond acceptors (Lipinski definition) is 5. The number of methoxy groups -OCH3 is 1. The molecule has 0 spiro atoms. The van der Waals surface area contributed by atoms with Crippen molar-refractivity contribution in [1.29, 1.82) is 0 Å². The SMILES string of the molecule is CCCOc1ccc(CNC(=NC)Nc2ccc(OC)c(OCC)c2)cn1.I. The van der Waals surface area contributed by atoms with Crippen molar-refractivity contribution in [3.05, 3.63) is 42.1 Å². The lowest BCUT2D eigenvalue weighted by atomic mass is 10.2. The van der Waals surface area contributed by atoms with Gasteiger partial charge in [-0.05, 0) is 31.0 Å². The highest BCUT2D eigenvalue weighted by Crippen LogP contribution is 2.30. The smallest absolute Gasteiger partial charge is 0.213 e. The minimum Gasteiger partial charge on any atom is -0.493 e. The van der Waals surface area contributed by atoms with Crippen LogP contribution in [-0.4, -0.2) is 38.3 Å². The molecule has 0 bridgehead atoms. The molecule has 2 rings (SSSR count). The maximum atomic E-state index is 5.61. The molecule has 0 saturated carbocycles. The summed E-state index contributed by atoms with van der Waals surface area (Å²) >= 11 is 0. The average Bonchev–Trinajstić information content (AvgIpc) is 2.70. The third-order valence-corrected chi connectivity index (χ3v) is 3.66. The molecule has 2 aromatic rings. The van der Waals surface area contributed by atoms with Gasteiger partial charge in [-0.3, -0.25) is 4.99 Å². The standard InChI is InChI=1S/C20H28N4O3.HI/c1-5-11-27-19-10-7-15(13-22-19)14-23-20(21-3)24-16-8-9-17(25-4)18(12-16)26-6-2;/h7-10,12-13H,5-6,11,14H2,1-4H3,(H2,21,23,24);1H. The number of rotatable bonds is 9. The summed E-state index contributed by atoms with van der Waals surface area (Å²) in [6.45, 7) is 5.84. The van der Waals surface area contributed by atoms with Crippen LogP contribution in [0.1, 0.15) is 25.8 Å². The zero-order valence-corrected chi connectivity index (χ0v) is 19.2. The molecule has 28 heavy (non-hydrogen) atoms. The van der Waals surface area contributed by atoms with Crippen LogP contribution in [0.4, 0.5) is 5.69 Å². The Balaban J connectivity index is 0.00000392. The fraction of sp³-hybridized carbons (Fsp3) is 0.400. The van der Waals surface area contributed by atoms with E-state index in [1.54, 1.807) is 20.4 Å². The Morgan fingerprint density at radius 1 is 1.11 bits per heavy atom. The van der Waals surface area contributed by atoms with Gasteiger partial charge in [0.15, 0.2) is 17.5 Å². The van der Waals surface area contributed by atoms with Crippen molar-refractivity contribution in [3.8, 4) is 17.4 Å². The number of aromatic nitrogens is 1. The maximum Gasteiger partial charge on any atom is 0.213 e. The number of halogens is 1. The summed E-state index contributed by atoms with van der Waals surface area (Å²) < 4.78 is 16.4. The zero-order valence-electron chi connectivity index (χ0n) is 16.8. The number of nitrogens with one attached hydrogen (secondary N) is 2. The van der Waals surface area contributed by atoms with Gasteiger partial charge in [0.25, 0.3) is 0 Å². The van der Waals surface area contributed by atoms with E-state index in [4.69, 9.17) is 14.2 Å². The van der Waals surface area contributed by atoms with Gasteiger partial charge in [-0.2, -0.15) is 0 Å². The molecule has 0 fully saturated rings. The van der Waals surface area contributed by atoms with Gasteiger partial charge in [0.05, 0.1) is 20.3 Å². The highest BCUT2D eigenvalue weighted by Gasteiger charge is 2.07. The first kappa shape index (κ1) is 23.8. The van der Waals surface area contributed by atoms with Crippen LogP contribution in [0.15, 0.2) is 41.5 Å². The van der Waals surface area contributed by atoms with Crippen molar-refractivity contribution < 1.29 is 14.2 Å². The quantitative estimate of drug-likeness (QED) is 0.307. The molecule has 0 unspecified atom stereocenters. The molecule has 0 atom stereocenters. The van der Waals surface area contributed by atoms with E-state index in [1.165, 1.54) is 0 Å². The monoisotopic (exact) mass is 500 g/mol. The molecular formula is C20H29IN4O3. The number of nitrogens with zero attached hydrogens (tertiary/aromatic N) is 2. The molecule has 2 N–H and O–H groups in total. The van der Waals surface area contributed by atoms with E-state index < -0.39 is 0 Å². The molecule has 1 aromatic carbocycles. The van der Waals surface area contributed by atoms with E-state index in [-0.39, 0.29) is 24.0 Å². The molecule has 7 nitrogen and oxygen atoms in total. The van der Waals surface area contributed by atoms with E-state index >= 15 is 0 Å². The second kappa shape index (κ2) is 13.0. The molecule has 0 radical (unpaired) electrons. The van der Waals surface area contributed by atoms with E-state index in [9.17, 15) is 0 Å². The van der Waals surface area contributed by atoms with Crippen LogP contribution in [0.5, 0.6) is 17.4 Å². The summed E-state index contributed by atoms with van der Waals surface area (Å²) in [5.41, 5.74) is 1.89. The van der Waals surface area contributed by atoms with Gasteiger partial charge in [0, 0.05) is 37.6 Å². The van der Waals surface area contributed by atoms with Crippen LogP contribution >= 0.6 is 24.0 Å². The molecule has 154 valence electrons. The largest absolute Gasteiger partial charge is 0.493 e. The van der Waals surface area contributed by atoms with Gasteiger partial charge in [0.2, 0.25) is 5.88 Å². The minimum absolute atomic E-state index is 0. The normalized spacial score (nSPS) is 10.6. The Hall–Kier alpha value is -2.23. The summed E-state index contributed by atoms with van der Waals surface area (Å²) in [4.78, 5) is 8.55. The third kappa shape index (κ3) is 7.41. The van der Waals surface area contributed by atoms with Crippen molar-refractivity contribution in [3.63, 3.8) is 0 Å². The van der Waals surface area contributed by atoms with Gasteiger partial charge in [0.1, 0.15) is 0 Å². The highest BCUT2D eigenvalue weighted by atomic mass is 127. The third-order valence-electron chi connectivity index (χ3n) is 3.66. The van der Waals surface area contributed by atoms with Gasteiger partial charge in [-0.15, -0.1) is 24.0 Å². The van der Waals surface area contributed by atoms with Gasteiger partial charge in [-0.1, -0.05) is 13.0 Å². The van der Waals surface area contributed by atoms with E-state index in [2.05, 4.69) is 27.5 Å². The van der Waals surface area contributed by atoms with Crippen LogP contribution in [-0.2, 0) is 6.54 Å². The fourth-order valence-electron chi connectivity index (χ4n) is 2.33. The maximum absolute atomic E-state index is 5.61. The number of aliphatic imine (C=N–C) groups is 1. The highest BCUT2D eigenvalue weighted by molar-refractivity contribution is 14.0. The molecule has 0 aliphatic carbocycles. The minimum atomic E-state index is 0. The number of hydrogen-bond donors (Lipinski definition) is 2.